The Morgan fingerprint density at radius 2 is 1.70 bits per heavy atom. The highest BCUT2D eigenvalue weighted by molar-refractivity contribution is 6.42. The number of imidazole rings is 1. The third kappa shape index (κ3) is 7.47. The Bertz CT molecular complexity index is 1060. The predicted octanol–water partition coefficient (Wildman–Crippen LogP) is 5.98. The highest BCUT2D eigenvalue weighted by Gasteiger charge is 2.26. The van der Waals surface area contributed by atoms with Gasteiger partial charge in [0.2, 0.25) is 23.7 Å². The fraction of sp³-hybridized carbons (Fsp3) is 0.478. The first kappa shape index (κ1) is 26.7. The minimum atomic E-state index is -0.688. The summed E-state index contributed by atoms with van der Waals surface area (Å²) in [4.78, 5) is 33.9. The summed E-state index contributed by atoms with van der Waals surface area (Å²) in [6.07, 6.45) is 1.61. The van der Waals surface area contributed by atoms with Gasteiger partial charge in [-0.15, -0.1) is 0 Å². The fourth-order valence-electron chi connectivity index (χ4n) is 2.31. The van der Waals surface area contributed by atoms with Crippen molar-refractivity contribution in [1.29, 1.82) is 0 Å². The summed E-state index contributed by atoms with van der Waals surface area (Å²) in [5.41, 5.74) is -0.785. The summed E-state index contributed by atoms with van der Waals surface area (Å²) in [6.45, 7) is 14.5. The molecule has 0 bridgehead atoms. The Labute approximate surface area is 204 Å². The lowest BCUT2D eigenvalue weighted by atomic mass is 9.96. The van der Waals surface area contributed by atoms with E-state index in [1.54, 1.807) is 70.5 Å². The van der Waals surface area contributed by atoms with Crippen LogP contribution in [0.1, 0.15) is 61.4 Å². The zero-order valence-corrected chi connectivity index (χ0v) is 21.7. The number of carbonyl (C=O) groups excluding carboxylic acids is 2. The van der Waals surface area contributed by atoms with E-state index in [-0.39, 0.29) is 29.7 Å². The second-order valence-electron chi connectivity index (χ2n) is 9.94. The van der Waals surface area contributed by atoms with Crippen molar-refractivity contribution in [3.8, 4) is 5.88 Å². The van der Waals surface area contributed by atoms with Crippen LogP contribution in [0.4, 0.5) is 11.6 Å². The number of hydrogen-bond acceptors (Lipinski definition) is 5. The molecule has 0 saturated heterocycles. The molecule has 2 aromatic rings. The van der Waals surface area contributed by atoms with Crippen LogP contribution in [0.3, 0.4) is 0 Å². The molecule has 10 heteroatoms. The molecule has 180 valence electrons. The van der Waals surface area contributed by atoms with Crippen LogP contribution in [0, 0.1) is 10.8 Å². The average Bonchev–Trinajstić information content (AvgIpc) is 3.05. The molecule has 1 heterocycles. The van der Waals surface area contributed by atoms with Crippen LogP contribution >= 0.6 is 23.2 Å². The van der Waals surface area contributed by atoms with E-state index in [9.17, 15) is 9.59 Å². The standard InChI is InChI=1S/C23H31Cl2N5O3/c1-13(2)30-12-17(33-19(32)23(6,7)8)27-21(30)29-20(28-18(31)22(3,4)5)26-14-9-10-15(24)16(25)11-14/h9-13H,1-8H3,(H2,26,27,28,29,31). The van der Waals surface area contributed by atoms with Crippen molar-refractivity contribution in [3.05, 3.63) is 34.4 Å². The number of guanidine groups is 1. The van der Waals surface area contributed by atoms with Crippen molar-refractivity contribution in [2.75, 3.05) is 5.32 Å². The van der Waals surface area contributed by atoms with E-state index in [2.05, 4.69) is 20.6 Å². The van der Waals surface area contributed by atoms with Crippen LogP contribution in [0.25, 0.3) is 0 Å². The third-order valence-corrected chi connectivity index (χ3v) is 5.10. The van der Waals surface area contributed by atoms with Crippen molar-refractivity contribution in [1.82, 2.24) is 14.9 Å². The van der Waals surface area contributed by atoms with Gasteiger partial charge in [0.05, 0.1) is 21.7 Å². The van der Waals surface area contributed by atoms with Crippen LogP contribution in [0.5, 0.6) is 5.88 Å². The summed E-state index contributed by atoms with van der Waals surface area (Å²) in [7, 11) is 0. The molecule has 0 fully saturated rings. The number of esters is 1. The number of ether oxygens (including phenoxy) is 1. The zero-order chi connectivity index (χ0) is 25.1. The number of aromatic nitrogens is 2. The van der Waals surface area contributed by atoms with Crippen LogP contribution in [-0.2, 0) is 9.59 Å². The van der Waals surface area contributed by atoms with Crippen LogP contribution < -0.4 is 15.4 Å². The van der Waals surface area contributed by atoms with Gasteiger partial charge in [-0.3, -0.25) is 14.9 Å². The van der Waals surface area contributed by atoms with Gasteiger partial charge in [0.15, 0.2) is 0 Å². The number of anilines is 1. The van der Waals surface area contributed by atoms with Crippen molar-refractivity contribution < 1.29 is 14.3 Å². The first-order valence-electron chi connectivity index (χ1n) is 10.5. The Morgan fingerprint density at radius 1 is 1.06 bits per heavy atom. The topological polar surface area (TPSA) is 97.6 Å². The van der Waals surface area contributed by atoms with E-state index in [0.717, 1.165) is 0 Å². The average molecular weight is 496 g/mol. The summed E-state index contributed by atoms with van der Waals surface area (Å²) < 4.78 is 7.18. The number of nitrogens with zero attached hydrogens (tertiary/aromatic N) is 3. The van der Waals surface area contributed by atoms with E-state index in [0.29, 0.717) is 15.7 Å². The maximum absolute atomic E-state index is 12.7. The fourth-order valence-corrected chi connectivity index (χ4v) is 2.61. The van der Waals surface area contributed by atoms with Gasteiger partial charge in [0, 0.05) is 17.1 Å². The lowest BCUT2D eigenvalue weighted by Crippen LogP contribution is -2.42. The minimum absolute atomic E-state index is 0.0390. The Hall–Kier alpha value is -2.58. The van der Waals surface area contributed by atoms with Gasteiger partial charge in [0.1, 0.15) is 0 Å². The van der Waals surface area contributed by atoms with Gasteiger partial charge < -0.3 is 14.6 Å². The number of aliphatic imine (C=N–C) groups is 1. The van der Waals surface area contributed by atoms with Crippen LogP contribution in [0.2, 0.25) is 10.0 Å². The molecule has 1 aromatic carbocycles. The maximum Gasteiger partial charge on any atom is 0.318 e. The Kier molecular flexibility index (Phi) is 8.19. The molecule has 2 rings (SSSR count). The summed E-state index contributed by atoms with van der Waals surface area (Å²) >= 11 is 12.1. The second-order valence-corrected chi connectivity index (χ2v) is 10.8. The van der Waals surface area contributed by atoms with E-state index >= 15 is 0 Å². The van der Waals surface area contributed by atoms with E-state index in [1.807, 2.05) is 13.8 Å². The normalized spacial score (nSPS) is 12.6. The van der Waals surface area contributed by atoms with Crippen molar-refractivity contribution in [2.24, 2.45) is 15.8 Å². The Morgan fingerprint density at radius 3 is 2.21 bits per heavy atom. The van der Waals surface area contributed by atoms with Crippen molar-refractivity contribution >= 4 is 52.7 Å². The first-order valence-corrected chi connectivity index (χ1v) is 11.3. The molecular weight excluding hydrogens is 465 g/mol. The summed E-state index contributed by atoms with van der Waals surface area (Å²) in [5.74, 6) is -0.163. The summed E-state index contributed by atoms with van der Waals surface area (Å²) in [5, 5.41) is 6.60. The highest BCUT2D eigenvalue weighted by Crippen LogP contribution is 2.27. The lowest BCUT2D eigenvalue weighted by Gasteiger charge is -2.19. The molecule has 1 amide bonds. The number of benzene rings is 1. The Balaban J connectivity index is 2.48. The van der Waals surface area contributed by atoms with Gasteiger partial charge in [0.25, 0.3) is 0 Å². The molecule has 0 unspecified atom stereocenters. The smallest absolute Gasteiger partial charge is 0.318 e. The molecule has 0 spiro atoms. The molecule has 0 aliphatic heterocycles. The summed E-state index contributed by atoms with van der Waals surface area (Å²) in [6, 6.07) is 4.92. The second kappa shape index (κ2) is 10.1. The monoisotopic (exact) mass is 495 g/mol. The molecule has 1 aromatic heterocycles. The molecule has 0 radical (unpaired) electrons. The quantitative estimate of drug-likeness (QED) is 0.308. The molecule has 0 saturated carbocycles. The van der Waals surface area contributed by atoms with E-state index in [4.69, 9.17) is 27.9 Å². The SMILES string of the molecule is CC(C)n1cc(OC(=O)C(C)(C)C)nc1/N=C(/NC(=O)C(C)(C)C)Nc1ccc(Cl)c(Cl)c1. The van der Waals surface area contributed by atoms with Gasteiger partial charge in [-0.25, -0.2) is 0 Å². The van der Waals surface area contributed by atoms with Gasteiger partial charge in [-0.2, -0.15) is 9.98 Å². The predicted molar refractivity (Wildman–Crippen MR) is 132 cm³/mol. The number of nitrogens with one attached hydrogen (secondary N) is 2. The number of halogens is 2. The first-order chi connectivity index (χ1) is 15.1. The zero-order valence-electron chi connectivity index (χ0n) is 20.2. The highest BCUT2D eigenvalue weighted by atomic mass is 35.5. The van der Waals surface area contributed by atoms with Gasteiger partial charge >= 0.3 is 5.97 Å². The molecule has 33 heavy (non-hydrogen) atoms. The van der Waals surface area contributed by atoms with Crippen LogP contribution in [-0.4, -0.2) is 27.4 Å². The third-order valence-electron chi connectivity index (χ3n) is 4.36. The molecule has 2 N–H and O–H groups in total. The van der Waals surface area contributed by atoms with Gasteiger partial charge in [-0.05, 0) is 52.8 Å². The van der Waals surface area contributed by atoms with Gasteiger partial charge in [-0.1, -0.05) is 44.0 Å². The molecule has 0 atom stereocenters. The van der Waals surface area contributed by atoms with Crippen molar-refractivity contribution in [2.45, 2.75) is 61.4 Å². The number of carbonyl (C=O) groups is 2. The number of rotatable bonds is 4. The molecule has 0 aliphatic rings. The number of amides is 1. The molecular formula is C23H31Cl2N5O3. The lowest BCUT2D eigenvalue weighted by molar-refractivity contribution is -0.143. The minimum Gasteiger partial charge on any atom is -0.405 e. The largest absolute Gasteiger partial charge is 0.405 e. The van der Waals surface area contributed by atoms with Crippen LogP contribution in [0.15, 0.2) is 29.4 Å². The molecule has 0 aliphatic carbocycles. The van der Waals surface area contributed by atoms with E-state index in [1.165, 1.54) is 0 Å². The van der Waals surface area contributed by atoms with E-state index < -0.39 is 16.8 Å². The maximum atomic E-state index is 12.7. The van der Waals surface area contributed by atoms with Crippen molar-refractivity contribution in [3.63, 3.8) is 0 Å². The number of hydrogen-bond donors (Lipinski definition) is 2. The molecule has 8 nitrogen and oxygen atoms in total.